The van der Waals surface area contributed by atoms with E-state index in [9.17, 15) is 0 Å². The normalized spacial score (nSPS) is 11.5. The van der Waals surface area contributed by atoms with Gasteiger partial charge in [0.2, 0.25) is 0 Å². The Hall–Kier alpha value is -1.21. The lowest BCUT2D eigenvalue weighted by atomic mass is 10.2. The average Bonchev–Trinajstić information content (AvgIpc) is 2.58. The van der Waals surface area contributed by atoms with Gasteiger partial charge in [0.05, 0.1) is 6.26 Å². The Balaban J connectivity index is 2.52. The van der Waals surface area contributed by atoms with Crippen molar-refractivity contribution in [2.45, 2.75) is 0 Å². The first-order chi connectivity index (χ1) is 6.42. The standard InChI is InChI=1S/C11H9ClO/c12-7-3-4-9-8-13-11-6-2-1-5-10(9)11/h1-6,8H,7H2. The molecule has 0 aliphatic heterocycles. The Kier molecular flexibility index (Phi) is 2.37. The van der Waals surface area contributed by atoms with Gasteiger partial charge in [-0.1, -0.05) is 30.4 Å². The smallest absolute Gasteiger partial charge is 0.134 e. The summed E-state index contributed by atoms with van der Waals surface area (Å²) in [5.74, 6) is 0.527. The molecule has 0 saturated carbocycles. The molecule has 1 nitrogen and oxygen atoms in total. The highest BCUT2D eigenvalue weighted by Crippen LogP contribution is 2.21. The van der Waals surface area contributed by atoms with Gasteiger partial charge >= 0.3 is 0 Å². The highest BCUT2D eigenvalue weighted by Gasteiger charge is 1.99. The lowest BCUT2D eigenvalue weighted by molar-refractivity contribution is 0.615. The van der Waals surface area contributed by atoms with Gasteiger partial charge < -0.3 is 4.42 Å². The van der Waals surface area contributed by atoms with Crippen molar-refractivity contribution in [3.63, 3.8) is 0 Å². The van der Waals surface area contributed by atoms with Gasteiger partial charge in [0, 0.05) is 16.8 Å². The van der Waals surface area contributed by atoms with E-state index in [-0.39, 0.29) is 0 Å². The third-order valence-electron chi connectivity index (χ3n) is 1.90. The number of allylic oxidation sites excluding steroid dienone is 1. The summed E-state index contributed by atoms with van der Waals surface area (Å²) in [4.78, 5) is 0. The van der Waals surface area contributed by atoms with E-state index >= 15 is 0 Å². The number of hydrogen-bond acceptors (Lipinski definition) is 1. The largest absolute Gasteiger partial charge is 0.464 e. The van der Waals surface area contributed by atoms with Crippen LogP contribution in [0, 0.1) is 0 Å². The van der Waals surface area contributed by atoms with E-state index in [1.807, 2.05) is 36.4 Å². The fourth-order valence-corrected chi connectivity index (χ4v) is 1.39. The first kappa shape index (κ1) is 8.39. The van der Waals surface area contributed by atoms with Crippen molar-refractivity contribution in [2.75, 3.05) is 5.88 Å². The molecule has 13 heavy (non-hydrogen) atoms. The summed E-state index contributed by atoms with van der Waals surface area (Å²) < 4.78 is 5.35. The van der Waals surface area contributed by atoms with Crippen LogP contribution in [-0.4, -0.2) is 5.88 Å². The monoisotopic (exact) mass is 192 g/mol. The van der Waals surface area contributed by atoms with Crippen molar-refractivity contribution in [1.82, 2.24) is 0 Å². The molecule has 0 spiro atoms. The summed E-state index contributed by atoms with van der Waals surface area (Å²) in [5, 5.41) is 1.13. The van der Waals surface area contributed by atoms with Gasteiger partial charge in [-0.15, -0.1) is 11.6 Å². The van der Waals surface area contributed by atoms with Gasteiger partial charge in [0.15, 0.2) is 0 Å². The number of rotatable bonds is 2. The van der Waals surface area contributed by atoms with Gasteiger partial charge in [-0.25, -0.2) is 0 Å². The number of hydrogen-bond donors (Lipinski definition) is 0. The van der Waals surface area contributed by atoms with Crippen LogP contribution in [0.2, 0.25) is 0 Å². The number of benzene rings is 1. The summed E-state index contributed by atoms with van der Waals surface area (Å²) in [6.07, 6.45) is 5.62. The van der Waals surface area contributed by atoms with Crippen LogP contribution in [0.3, 0.4) is 0 Å². The summed E-state index contributed by atoms with van der Waals surface area (Å²) >= 11 is 5.55. The second-order valence-electron chi connectivity index (χ2n) is 2.74. The molecule has 2 aromatic rings. The van der Waals surface area contributed by atoms with Gasteiger partial charge in [0.1, 0.15) is 5.58 Å². The van der Waals surface area contributed by atoms with Crippen molar-refractivity contribution in [3.05, 3.63) is 42.2 Å². The highest BCUT2D eigenvalue weighted by atomic mass is 35.5. The van der Waals surface area contributed by atoms with E-state index in [0.29, 0.717) is 5.88 Å². The fraction of sp³-hybridized carbons (Fsp3) is 0.0909. The van der Waals surface area contributed by atoms with Crippen LogP contribution >= 0.6 is 11.6 Å². The fourth-order valence-electron chi connectivity index (χ4n) is 1.30. The van der Waals surface area contributed by atoms with Gasteiger partial charge in [-0.2, -0.15) is 0 Å². The summed E-state index contributed by atoms with van der Waals surface area (Å²) in [6.45, 7) is 0. The lowest BCUT2D eigenvalue weighted by Crippen LogP contribution is -1.67. The molecule has 2 heteroatoms. The zero-order chi connectivity index (χ0) is 9.10. The van der Waals surface area contributed by atoms with Crippen molar-refractivity contribution in [1.29, 1.82) is 0 Å². The number of para-hydroxylation sites is 1. The zero-order valence-corrected chi connectivity index (χ0v) is 7.79. The van der Waals surface area contributed by atoms with E-state index in [2.05, 4.69) is 0 Å². The minimum atomic E-state index is 0.527. The van der Waals surface area contributed by atoms with Crippen LogP contribution in [0.15, 0.2) is 41.0 Å². The molecule has 0 N–H and O–H groups in total. The lowest BCUT2D eigenvalue weighted by Gasteiger charge is -1.87. The van der Waals surface area contributed by atoms with Crippen molar-refractivity contribution < 1.29 is 4.42 Å². The Morgan fingerprint density at radius 2 is 2.15 bits per heavy atom. The Bertz CT molecular complexity index is 428. The van der Waals surface area contributed by atoms with Crippen molar-refractivity contribution in [3.8, 4) is 0 Å². The predicted octanol–water partition coefficient (Wildman–Crippen LogP) is 3.68. The first-order valence-corrected chi connectivity index (χ1v) is 4.64. The second kappa shape index (κ2) is 3.67. The molecule has 1 aromatic heterocycles. The summed E-state index contributed by atoms with van der Waals surface area (Å²) in [6, 6.07) is 7.94. The van der Waals surface area contributed by atoms with E-state index < -0.39 is 0 Å². The molecule has 0 amide bonds. The SMILES string of the molecule is ClCC=Cc1coc2ccccc12. The third kappa shape index (κ3) is 1.61. The zero-order valence-electron chi connectivity index (χ0n) is 7.03. The molecule has 1 heterocycles. The number of furan rings is 1. The number of alkyl halides is 1. The molecule has 0 bridgehead atoms. The minimum absolute atomic E-state index is 0.527. The van der Waals surface area contributed by atoms with Crippen LogP contribution in [-0.2, 0) is 0 Å². The Labute approximate surface area is 81.6 Å². The van der Waals surface area contributed by atoms with Gasteiger partial charge in [-0.3, -0.25) is 0 Å². The molecule has 2 rings (SSSR count). The van der Waals surface area contributed by atoms with Crippen molar-refractivity contribution >= 4 is 28.6 Å². The Morgan fingerprint density at radius 3 is 3.00 bits per heavy atom. The molecular formula is C11H9ClO. The number of fused-ring (bicyclic) bond motifs is 1. The molecule has 66 valence electrons. The molecule has 0 saturated heterocycles. The third-order valence-corrected chi connectivity index (χ3v) is 2.08. The molecule has 1 aromatic carbocycles. The molecule has 0 fully saturated rings. The first-order valence-electron chi connectivity index (χ1n) is 4.10. The topological polar surface area (TPSA) is 13.1 Å². The molecule has 0 aliphatic rings. The summed E-state index contributed by atoms with van der Waals surface area (Å²) in [7, 11) is 0. The van der Waals surface area contributed by atoms with Gasteiger partial charge in [-0.05, 0) is 6.07 Å². The maximum atomic E-state index is 5.55. The van der Waals surface area contributed by atoms with Crippen LogP contribution in [0.4, 0.5) is 0 Å². The van der Waals surface area contributed by atoms with Crippen LogP contribution < -0.4 is 0 Å². The molecule has 0 aliphatic carbocycles. The van der Waals surface area contributed by atoms with E-state index in [1.165, 1.54) is 0 Å². The van der Waals surface area contributed by atoms with Crippen LogP contribution in [0.1, 0.15) is 5.56 Å². The quantitative estimate of drug-likeness (QED) is 0.662. The maximum Gasteiger partial charge on any atom is 0.134 e. The van der Waals surface area contributed by atoms with Gasteiger partial charge in [0.25, 0.3) is 0 Å². The molecule has 0 unspecified atom stereocenters. The molecule has 0 radical (unpaired) electrons. The minimum Gasteiger partial charge on any atom is -0.464 e. The maximum absolute atomic E-state index is 5.55. The average molecular weight is 193 g/mol. The second-order valence-corrected chi connectivity index (χ2v) is 3.05. The van der Waals surface area contributed by atoms with E-state index in [1.54, 1.807) is 6.26 Å². The van der Waals surface area contributed by atoms with E-state index in [4.69, 9.17) is 16.0 Å². The predicted molar refractivity (Wildman–Crippen MR) is 56.0 cm³/mol. The highest BCUT2D eigenvalue weighted by molar-refractivity contribution is 6.19. The van der Waals surface area contributed by atoms with E-state index in [0.717, 1.165) is 16.5 Å². The van der Waals surface area contributed by atoms with Crippen LogP contribution in [0.5, 0.6) is 0 Å². The molecular weight excluding hydrogens is 184 g/mol. The van der Waals surface area contributed by atoms with Crippen molar-refractivity contribution in [2.24, 2.45) is 0 Å². The summed E-state index contributed by atoms with van der Waals surface area (Å²) in [5.41, 5.74) is 1.99. The Morgan fingerprint density at radius 1 is 1.31 bits per heavy atom. The molecule has 0 atom stereocenters. The van der Waals surface area contributed by atoms with Crippen LogP contribution in [0.25, 0.3) is 17.0 Å². The number of halogens is 1.